The number of aromatic nitrogens is 4. The number of hydrogen-bond donors (Lipinski definition) is 4. The third-order valence-electron chi connectivity index (χ3n) is 5.94. The molecule has 35 heavy (non-hydrogen) atoms. The molecule has 0 spiro atoms. The fraction of sp³-hybridized carbons (Fsp3) is 0.217. The van der Waals surface area contributed by atoms with Crippen LogP contribution in [0, 0.1) is 6.92 Å². The average Bonchev–Trinajstić information content (AvgIpc) is 3.46. The van der Waals surface area contributed by atoms with Gasteiger partial charge in [0.1, 0.15) is 11.3 Å². The lowest BCUT2D eigenvalue weighted by molar-refractivity contribution is -0.0925. The van der Waals surface area contributed by atoms with Gasteiger partial charge in [0, 0.05) is 48.0 Å². The summed E-state index contributed by atoms with van der Waals surface area (Å²) in [7, 11) is 0. The highest BCUT2D eigenvalue weighted by Gasteiger charge is 2.48. The van der Waals surface area contributed by atoms with Crippen LogP contribution < -0.4 is 22.3 Å². The maximum atomic E-state index is 13.2. The first-order valence-electron chi connectivity index (χ1n) is 10.8. The van der Waals surface area contributed by atoms with Gasteiger partial charge in [-0.1, -0.05) is 17.3 Å². The van der Waals surface area contributed by atoms with Gasteiger partial charge >= 0.3 is 0 Å². The molecule has 180 valence electrons. The minimum atomic E-state index is -2.68. The van der Waals surface area contributed by atoms with E-state index in [-0.39, 0.29) is 30.5 Å². The highest BCUT2D eigenvalue weighted by Crippen LogP contribution is 2.48. The van der Waals surface area contributed by atoms with Gasteiger partial charge in [0.05, 0.1) is 11.9 Å². The van der Waals surface area contributed by atoms with Gasteiger partial charge in [-0.3, -0.25) is 15.0 Å². The molecule has 5 rings (SSSR count). The second kappa shape index (κ2) is 8.47. The van der Waals surface area contributed by atoms with Crippen LogP contribution in [-0.4, -0.2) is 31.4 Å². The molecule has 0 atom stereocenters. The Bertz CT molecular complexity index is 1450. The smallest absolute Gasteiger partial charge is 0.274 e. The summed E-state index contributed by atoms with van der Waals surface area (Å²) < 4.78 is 33.2. The van der Waals surface area contributed by atoms with Gasteiger partial charge in [-0.2, -0.15) is 4.98 Å². The Hall–Kier alpha value is -4.32. The van der Waals surface area contributed by atoms with Crippen LogP contribution in [-0.2, 0) is 0 Å². The third-order valence-corrected chi connectivity index (χ3v) is 5.94. The van der Waals surface area contributed by atoms with E-state index >= 15 is 0 Å². The van der Waals surface area contributed by atoms with Crippen molar-refractivity contribution >= 4 is 22.9 Å². The summed E-state index contributed by atoms with van der Waals surface area (Å²) in [4.78, 5) is 21.6. The first-order chi connectivity index (χ1) is 16.7. The number of nitrogens with zero attached hydrogens (tertiary/aromatic N) is 4. The minimum Gasteiger partial charge on any atom is -0.397 e. The lowest BCUT2D eigenvalue weighted by Gasteiger charge is -2.31. The zero-order valence-electron chi connectivity index (χ0n) is 18.6. The molecule has 1 fully saturated rings. The van der Waals surface area contributed by atoms with Crippen molar-refractivity contribution in [1.82, 2.24) is 25.0 Å². The SMILES string of the molecule is Cc1ccc(-c2noc(C3CC(F)(F)C3)n2)cc1NC(=O)c1cnc2cc(/C(N)=C/NN)ccn12. The number of carbonyl (C=O) groups is 1. The zero-order valence-corrected chi connectivity index (χ0v) is 18.6. The van der Waals surface area contributed by atoms with E-state index in [0.717, 1.165) is 5.56 Å². The molecule has 3 heterocycles. The highest BCUT2D eigenvalue weighted by atomic mass is 19.3. The molecule has 0 unspecified atom stereocenters. The summed E-state index contributed by atoms with van der Waals surface area (Å²) >= 11 is 0. The van der Waals surface area contributed by atoms with E-state index in [1.54, 1.807) is 40.9 Å². The number of benzene rings is 1. The quantitative estimate of drug-likeness (QED) is 0.243. The molecule has 1 amide bonds. The lowest BCUT2D eigenvalue weighted by Crippen LogP contribution is -2.33. The largest absolute Gasteiger partial charge is 0.397 e. The van der Waals surface area contributed by atoms with Crippen LogP contribution in [0.3, 0.4) is 0 Å². The summed E-state index contributed by atoms with van der Waals surface area (Å²) in [5.74, 6) is 2.24. The van der Waals surface area contributed by atoms with Crippen LogP contribution in [0.25, 0.3) is 22.7 Å². The van der Waals surface area contributed by atoms with E-state index in [1.165, 1.54) is 12.4 Å². The van der Waals surface area contributed by atoms with Crippen LogP contribution in [0.1, 0.15) is 46.3 Å². The van der Waals surface area contributed by atoms with Crippen molar-refractivity contribution < 1.29 is 18.1 Å². The Kier molecular flexibility index (Phi) is 5.44. The third kappa shape index (κ3) is 4.30. The van der Waals surface area contributed by atoms with Crippen molar-refractivity contribution in [3.63, 3.8) is 0 Å². The van der Waals surface area contributed by atoms with Crippen molar-refractivity contribution in [3.05, 3.63) is 71.6 Å². The normalized spacial score (nSPS) is 15.7. The van der Waals surface area contributed by atoms with Crippen LogP contribution >= 0.6 is 0 Å². The molecule has 1 aromatic carbocycles. The maximum Gasteiger partial charge on any atom is 0.274 e. The van der Waals surface area contributed by atoms with Crippen molar-refractivity contribution in [2.75, 3.05) is 5.32 Å². The molecule has 3 aromatic heterocycles. The minimum absolute atomic E-state index is 0.194. The number of aryl methyl sites for hydroxylation is 1. The Morgan fingerprint density at radius 1 is 1.29 bits per heavy atom. The summed E-state index contributed by atoms with van der Waals surface area (Å²) in [6, 6.07) is 8.77. The van der Waals surface area contributed by atoms with Gasteiger partial charge in [-0.25, -0.2) is 13.8 Å². The number of pyridine rings is 1. The topological polar surface area (TPSA) is 149 Å². The second-order valence-corrected chi connectivity index (χ2v) is 8.45. The molecular formula is C23H22F2N8O2. The highest BCUT2D eigenvalue weighted by molar-refractivity contribution is 6.04. The molecule has 0 saturated heterocycles. The molecule has 1 aliphatic rings. The summed E-state index contributed by atoms with van der Waals surface area (Å²) in [5, 5.41) is 6.82. The fourth-order valence-corrected chi connectivity index (χ4v) is 3.94. The number of imidazole rings is 1. The first-order valence-corrected chi connectivity index (χ1v) is 10.8. The zero-order chi connectivity index (χ0) is 24.7. The number of rotatable bonds is 6. The van der Waals surface area contributed by atoms with Gasteiger partial charge in [-0.05, 0) is 30.7 Å². The van der Waals surface area contributed by atoms with Crippen molar-refractivity contribution in [1.29, 1.82) is 0 Å². The number of hydrazine groups is 1. The molecule has 0 radical (unpaired) electrons. The number of nitrogens with two attached hydrogens (primary N) is 2. The second-order valence-electron chi connectivity index (χ2n) is 8.45. The summed E-state index contributed by atoms with van der Waals surface area (Å²) in [6.45, 7) is 1.85. The molecule has 1 aliphatic carbocycles. The Morgan fingerprint density at radius 2 is 2.09 bits per heavy atom. The number of alkyl halides is 2. The first kappa shape index (κ1) is 22.5. The van der Waals surface area contributed by atoms with E-state index in [9.17, 15) is 13.6 Å². The molecule has 0 bridgehead atoms. The van der Waals surface area contributed by atoms with Crippen molar-refractivity contribution in [2.45, 2.75) is 31.6 Å². The van der Waals surface area contributed by atoms with E-state index in [4.69, 9.17) is 16.1 Å². The van der Waals surface area contributed by atoms with Crippen molar-refractivity contribution in [2.24, 2.45) is 11.6 Å². The van der Waals surface area contributed by atoms with Gasteiger partial charge in [-0.15, -0.1) is 0 Å². The fourth-order valence-electron chi connectivity index (χ4n) is 3.94. The Balaban J connectivity index is 1.37. The number of carbonyl (C=O) groups excluding carboxylic acids is 1. The average molecular weight is 480 g/mol. The number of halogens is 2. The Labute approximate surface area is 198 Å². The molecule has 0 aliphatic heterocycles. The number of hydrogen-bond acceptors (Lipinski definition) is 8. The van der Waals surface area contributed by atoms with Crippen LogP contribution in [0.15, 0.2) is 53.4 Å². The van der Waals surface area contributed by atoms with Crippen LogP contribution in [0.4, 0.5) is 14.5 Å². The molecule has 1 saturated carbocycles. The number of nitrogens with one attached hydrogen (secondary N) is 2. The monoisotopic (exact) mass is 480 g/mol. The summed E-state index contributed by atoms with van der Waals surface area (Å²) in [6.07, 6.45) is 4.02. The van der Waals surface area contributed by atoms with Gasteiger partial charge in [0.15, 0.2) is 0 Å². The molecule has 12 heteroatoms. The van der Waals surface area contributed by atoms with Crippen LogP contribution in [0.5, 0.6) is 0 Å². The standard InChI is InChI=1S/C23H22F2N8O2/c1-12-2-3-14(20-31-22(35-32-20)15-8-23(24,25)9-15)6-17(12)30-21(34)18-11-28-19-7-13(4-5-33(18)19)16(26)10-29-27/h2-7,10-11,15,29H,8-9,26-27H2,1H3,(H,30,34)/b16-10-. The van der Waals surface area contributed by atoms with E-state index in [0.29, 0.717) is 33.9 Å². The van der Waals surface area contributed by atoms with Crippen molar-refractivity contribution in [3.8, 4) is 11.4 Å². The maximum absolute atomic E-state index is 13.2. The van der Waals surface area contributed by atoms with E-state index in [2.05, 4.69) is 25.9 Å². The molecule has 4 aromatic rings. The molecule has 10 nitrogen and oxygen atoms in total. The van der Waals surface area contributed by atoms with E-state index in [1.807, 2.05) is 6.92 Å². The van der Waals surface area contributed by atoms with E-state index < -0.39 is 11.8 Å². The van der Waals surface area contributed by atoms with Gasteiger partial charge < -0.3 is 21.0 Å². The number of amides is 1. The number of fused-ring (bicyclic) bond motifs is 1. The van der Waals surface area contributed by atoms with Gasteiger partial charge in [0.25, 0.3) is 5.91 Å². The summed E-state index contributed by atoms with van der Waals surface area (Å²) in [5.41, 5.74) is 12.2. The van der Waals surface area contributed by atoms with Crippen LogP contribution in [0.2, 0.25) is 0 Å². The molecule has 6 N–H and O–H groups in total. The number of anilines is 1. The molecular weight excluding hydrogens is 458 g/mol. The van der Waals surface area contributed by atoms with Gasteiger partial charge in [0.2, 0.25) is 17.6 Å². The predicted molar refractivity (Wildman–Crippen MR) is 124 cm³/mol. The lowest BCUT2D eigenvalue weighted by atomic mass is 9.81. The predicted octanol–water partition coefficient (Wildman–Crippen LogP) is 3.18. The Morgan fingerprint density at radius 3 is 2.83 bits per heavy atom.